The van der Waals surface area contributed by atoms with E-state index >= 15 is 0 Å². The molecule has 0 radical (unpaired) electrons. The van der Waals surface area contributed by atoms with E-state index in [1.54, 1.807) is 19.2 Å². The Labute approximate surface area is 190 Å². The smallest absolute Gasteiger partial charge is 0.127 e. The molecule has 0 saturated heterocycles. The molecule has 0 unspecified atom stereocenters. The van der Waals surface area contributed by atoms with Gasteiger partial charge in [-0.2, -0.15) is 0 Å². The van der Waals surface area contributed by atoms with Gasteiger partial charge in [0, 0.05) is 35.5 Å². The van der Waals surface area contributed by atoms with Crippen molar-refractivity contribution in [1.29, 1.82) is 0 Å². The second-order valence-electron chi connectivity index (χ2n) is 7.32. The van der Waals surface area contributed by atoms with E-state index in [1.165, 1.54) is 0 Å². The number of rotatable bonds is 9. The molecule has 0 bridgehead atoms. The molecule has 5 nitrogen and oxygen atoms in total. The van der Waals surface area contributed by atoms with Gasteiger partial charge in [-0.15, -0.1) is 13.2 Å². The molecule has 0 fully saturated rings. The molecule has 0 saturated carbocycles. The van der Waals surface area contributed by atoms with Crippen LogP contribution in [0.15, 0.2) is 80.3 Å². The highest BCUT2D eigenvalue weighted by atomic mass is 19.1. The predicted molar refractivity (Wildman–Crippen MR) is 136 cm³/mol. The lowest BCUT2D eigenvalue weighted by Gasteiger charge is -2.14. The molecule has 1 aromatic carbocycles. The van der Waals surface area contributed by atoms with Gasteiger partial charge in [0.1, 0.15) is 11.6 Å². The van der Waals surface area contributed by atoms with Gasteiger partial charge in [0.15, 0.2) is 0 Å². The lowest BCUT2D eigenvalue weighted by atomic mass is 10.1. The van der Waals surface area contributed by atoms with Crippen LogP contribution in [0.3, 0.4) is 0 Å². The van der Waals surface area contributed by atoms with Gasteiger partial charge in [-0.25, -0.2) is 14.4 Å². The van der Waals surface area contributed by atoms with Crippen LogP contribution in [0, 0.1) is 0 Å². The minimum absolute atomic E-state index is 0.391. The van der Waals surface area contributed by atoms with E-state index in [1.807, 2.05) is 42.5 Å². The highest BCUT2D eigenvalue weighted by Crippen LogP contribution is 2.31. The fourth-order valence-electron chi connectivity index (χ4n) is 3.23. The van der Waals surface area contributed by atoms with Crippen molar-refractivity contribution in [3.8, 4) is 0 Å². The first-order valence-electron chi connectivity index (χ1n) is 10.5. The lowest BCUT2D eigenvalue weighted by Crippen LogP contribution is -2.16. The molecule has 6 heteroatoms. The Balaban J connectivity index is 0.00000176. The summed E-state index contributed by atoms with van der Waals surface area (Å²) < 4.78 is 13.9. The monoisotopic (exact) mass is 433 g/mol. The van der Waals surface area contributed by atoms with Crippen molar-refractivity contribution >= 4 is 33.7 Å². The van der Waals surface area contributed by atoms with E-state index in [0.717, 1.165) is 47.6 Å². The number of fused-ring (bicyclic) bond motifs is 1. The van der Waals surface area contributed by atoms with Gasteiger partial charge in [0.25, 0.3) is 0 Å². The number of hydrogen-bond acceptors (Lipinski definition) is 5. The van der Waals surface area contributed by atoms with Crippen molar-refractivity contribution in [1.82, 2.24) is 14.9 Å². The molecule has 3 rings (SSSR count). The van der Waals surface area contributed by atoms with Crippen molar-refractivity contribution < 1.29 is 4.39 Å². The van der Waals surface area contributed by atoms with Crippen LogP contribution in [-0.4, -0.2) is 42.1 Å². The number of anilines is 3. The molecule has 0 aliphatic heterocycles. The zero-order valence-electron chi connectivity index (χ0n) is 19.2. The fourth-order valence-corrected chi connectivity index (χ4v) is 3.23. The van der Waals surface area contributed by atoms with Crippen molar-refractivity contribution in [3.63, 3.8) is 0 Å². The van der Waals surface area contributed by atoms with Crippen molar-refractivity contribution in [2.45, 2.75) is 13.3 Å². The summed E-state index contributed by atoms with van der Waals surface area (Å²) in [5, 5.41) is 7.76. The molecular weight excluding hydrogens is 401 g/mol. The minimum atomic E-state index is -0.501. The largest absolute Gasteiger partial charge is 0.370 e. The predicted octanol–water partition coefficient (Wildman–Crippen LogP) is 6.43. The maximum absolute atomic E-state index is 13.9. The molecule has 32 heavy (non-hydrogen) atoms. The third-order valence-corrected chi connectivity index (χ3v) is 4.70. The summed E-state index contributed by atoms with van der Waals surface area (Å²) in [6, 6.07) is 13.5. The first kappa shape index (κ1) is 24.8. The number of hydrogen-bond donors (Lipinski definition) is 2. The van der Waals surface area contributed by atoms with Crippen LogP contribution in [0.25, 0.3) is 16.5 Å². The number of para-hydroxylation sites is 1. The number of halogens is 1. The molecule has 168 valence electrons. The van der Waals surface area contributed by atoms with E-state index in [-0.39, 0.29) is 0 Å². The van der Waals surface area contributed by atoms with Crippen LogP contribution in [-0.2, 0) is 0 Å². The molecule has 0 aliphatic carbocycles. The zero-order chi connectivity index (χ0) is 23.5. The fraction of sp³-hybridized carbons (Fsp3) is 0.231. The molecule has 2 aromatic heterocycles. The summed E-state index contributed by atoms with van der Waals surface area (Å²) in [4.78, 5) is 11.2. The quantitative estimate of drug-likeness (QED) is 0.231. The third kappa shape index (κ3) is 6.75. The van der Waals surface area contributed by atoms with Crippen LogP contribution in [0.2, 0.25) is 0 Å². The summed E-state index contributed by atoms with van der Waals surface area (Å²) >= 11 is 0. The molecule has 2 N–H and O–H groups in total. The van der Waals surface area contributed by atoms with E-state index in [4.69, 9.17) is 0 Å². The van der Waals surface area contributed by atoms with Gasteiger partial charge < -0.3 is 15.5 Å². The summed E-state index contributed by atoms with van der Waals surface area (Å²) in [7, 11) is 4.13. The summed E-state index contributed by atoms with van der Waals surface area (Å²) in [5.74, 6) is 0.308. The molecule has 0 amide bonds. The first-order valence-corrected chi connectivity index (χ1v) is 10.5. The molecule has 0 aliphatic rings. The number of pyridine rings is 2. The van der Waals surface area contributed by atoms with Crippen LogP contribution >= 0.6 is 0 Å². The van der Waals surface area contributed by atoms with Gasteiger partial charge in [0.2, 0.25) is 0 Å². The van der Waals surface area contributed by atoms with Gasteiger partial charge in [-0.3, -0.25) is 0 Å². The van der Waals surface area contributed by atoms with Gasteiger partial charge in [0.05, 0.1) is 16.9 Å². The van der Waals surface area contributed by atoms with E-state index in [9.17, 15) is 4.39 Å². The summed E-state index contributed by atoms with van der Waals surface area (Å²) in [5.41, 5.74) is 3.46. The maximum atomic E-state index is 13.9. The van der Waals surface area contributed by atoms with Crippen LogP contribution in [0.4, 0.5) is 21.6 Å². The Morgan fingerprint density at radius 3 is 2.59 bits per heavy atom. The van der Waals surface area contributed by atoms with Gasteiger partial charge >= 0.3 is 0 Å². The van der Waals surface area contributed by atoms with Crippen LogP contribution in [0.1, 0.15) is 19.0 Å². The highest BCUT2D eigenvalue weighted by Gasteiger charge is 2.12. The standard InChI is InChI=1S/C24H28FN5.C2H4/c1-5-19(17(2)25)22-16-23(20-9-6-7-10-21(20)29-22)28-18-11-13-27-24(15-18)26-12-8-14-30(3)4;1-2/h5-7,9-11,13,15-16H,2,8,12,14H2,1,3-4H3,(H2,26,27,28,29);1-2H2/b19-5+;. The van der Waals surface area contributed by atoms with Crippen molar-refractivity contribution in [2.75, 3.05) is 37.8 Å². The number of nitrogens with zero attached hydrogens (tertiary/aromatic N) is 3. The minimum Gasteiger partial charge on any atom is -0.370 e. The Morgan fingerprint density at radius 2 is 1.91 bits per heavy atom. The average Bonchev–Trinajstić information content (AvgIpc) is 2.78. The van der Waals surface area contributed by atoms with E-state index in [2.05, 4.69) is 59.3 Å². The van der Waals surface area contributed by atoms with Gasteiger partial charge in [-0.05, 0) is 52.2 Å². The second-order valence-corrected chi connectivity index (χ2v) is 7.32. The molecule has 0 spiro atoms. The second kappa shape index (κ2) is 12.4. The molecule has 0 atom stereocenters. The summed E-state index contributed by atoms with van der Waals surface area (Å²) in [6.45, 7) is 13.1. The van der Waals surface area contributed by atoms with Crippen molar-refractivity contribution in [3.05, 3.63) is 86.0 Å². The zero-order valence-corrected chi connectivity index (χ0v) is 19.2. The number of nitrogens with one attached hydrogen (secondary N) is 2. The molecule has 2 heterocycles. The SMILES string of the molecule is C=C.C=C(F)/C(=C\C)c1cc(Nc2ccnc(NCCCN(C)C)c2)c2ccccc2n1. The van der Waals surface area contributed by atoms with Gasteiger partial charge in [-0.1, -0.05) is 30.9 Å². The number of benzene rings is 1. The Hall–Kier alpha value is -3.51. The van der Waals surface area contributed by atoms with E-state index in [0.29, 0.717) is 11.3 Å². The molecular formula is C26H32FN5. The normalized spacial score (nSPS) is 11.1. The summed E-state index contributed by atoms with van der Waals surface area (Å²) in [6.07, 6.45) is 4.48. The maximum Gasteiger partial charge on any atom is 0.127 e. The third-order valence-electron chi connectivity index (χ3n) is 4.70. The van der Waals surface area contributed by atoms with Crippen LogP contribution < -0.4 is 10.6 Å². The highest BCUT2D eigenvalue weighted by molar-refractivity contribution is 5.95. The number of aromatic nitrogens is 2. The average molecular weight is 434 g/mol. The van der Waals surface area contributed by atoms with E-state index < -0.39 is 5.83 Å². The van der Waals surface area contributed by atoms with Crippen LogP contribution in [0.5, 0.6) is 0 Å². The molecule has 3 aromatic rings. The number of allylic oxidation sites excluding steroid dienone is 3. The Morgan fingerprint density at radius 1 is 1.16 bits per heavy atom. The lowest BCUT2D eigenvalue weighted by molar-refractivity contribution is 0.405. The van der Waals surface area contributed by atoms with Crippen molar-refractivity contribution in [2.24, 2.45) is 0 Å². The topological polar surface area (TPSA) is 53.1 Å². The Bertz CT molecular complexity index is 1070. The Kier molecular flexibility index (Phi) is 9.57. The first-order chi connectivity index (χ1) is 15.5.